The van der Waals surface area contributed by atoms with Crippen LogP contribution in [0.1, 0.15) is 0 Å². The molecule has 0 saturated heterocycles. The van der Waals surface area contributed by atoms with E-state index in [1.165, 1.54) is 10.5 Å². The van der Waals surface area contributed by atoms with Crippen molar-refractivity contribution >= 4 is 17.4 Å². The topological polar surface area (TPSA) is 41.5 Å². The first-order valence-electron chi connectivity index (χ1n) is 6.12. The van der Waals surface area contributed by atoms with E-state index in [2.05, 4.69) is 29.6 Å². The number of methoxy groups -OCH3 is 1. The Morgan fingerprint density at radius 2 is 1.89 bits per heavy atom. The van der Waals surface area contributed by atoms with Crippen molar-refractivity contribution in [1.82, 2.24) is 0 Å². The number of benzene rings is 2. The van der Waals surface area contributed by atoms with E-state index in [-0.39, 0.29) is 0 Å². The summed E-state index contributed by atoms with van der Waals surface area (Å²) in [4.78, 5) is 1.18. The highest BCUT2D eigenvalue weighted by molar-refractivity contribution is 7.99. The second kappa shape index (κ2) is 5.15. The van der Waals surface area contributed by atoms with Gasteiger partial charge in [-0.2, -0.15) is 0 Å². The Balaban J connectivity index is 1.93. The number of hydrogen-bond acceptors (Lipinski definition) is 4. The van der Waals surface area contributed by atoms with Crippen molar-refractivity contribution in [3.05, 3.63) is 42.5 Å². The smallest absolute Gasteiger partial charge is 0.134 e. The van der Waals surface area contributed by atoms with Crippen LogP contribution in [0.25, 0.3) is 11.1 Å². The molecule has 2 aromatic rings. The quantitative estimate of drug-likeness (QED) is 0.881. The van der Waals surface area contributed by atoms with Gasteiger partial charge in [-0.1, -0.05) is 18.2 Å². The lowest BCUT2D eigenvalue weighted by Crippen LogP contribution is -2.24. The van der Waals surface area contributed by atoms with E-state index >= 15 is 0 Å². The van der Waals surface area contributed by atoms with Gasteiger partial charge in [-0.25, -0.2) is 0 Å². The molecule has 3 nitrogen and oxygen atoms in total. The van der Waals surface area contributed by atoms with Crippen LogP contribution >= 0.6 is 11.8 Å². The molecule has 1 aliphatic rings. The molecule has 19 heavy (non-hydrogen) atoms. The van der Waals surface area contributed by atoms with Gasteiger partial charge >= 0.3 is 0 Å². The highest BCUT2D eigenvalue weighted by Crippen LogP contribution is 2.36. The highest BCUT2D eigenvalue weighted by Gasteiger charge is 2.16. The lowest BCUT2D eigenvalue weighted by molar-refractivity contribution is 0.227. The lowest BCUT2D eigenvalue weighted by Gasteiger charge is -2.23. The average Bonchev–Trinajstić information content (AvgIpc) is 2.47. The third-order valence-electron chi connectivity index (χ3n) is 3.12. The molecule has 2 N–H and O–H groups in total. The number of aliphatic hydroxyl groups is 1. The first kappa shape index (κ1) is 12.4. The van der Waals surface area contributed by atoms with E-state index in [1.807, 2.05) is 18.2 Å². The molecule has 0 fully saturated rings. The minimum Gasteiger partial charge on any atom is -0.497 e. The molecule has 1 atom stereocenters. The van der Waals surface area contributed by atoms with Crippen molar-refractivity contribution < 1.29 is 9.84 Å². The molecule has 0 spiro atoms. The molecule has 0 saturated carbocycles. The maximum atomic E-state index is 9.55. The standard InChI is InChI=1S/C15H15NO2S/c1-18-12-5-2-10(3-6-12)11-4-7-13-14(8-11)19-9-15(17)16-13/h2-8,15-17H,9H2,1H3. The van der Waals surface area contributed by atoms with Gasteiger partial charge in [0.2, 0.25) is 0 Å². The number of nitrogens with one attached hydrogen (secondary N) is 1. The molecule has 0 aromatic heterocycles. The van der Waals surface area contributed by atoms with Crippen LogP contribution in [-0.2, 0) is 0 Å². The fourth-order valence-corrected chi connectivity index (χ4v) is 3.03. The van der Waals surface area contributed by atoms with Gasteiger partial charge in [-0.15, -0.1) is 11.8 Å². The van der Waals surface area contributed by atoms with Gasteiger partial charge in [0.1, 0.15) is 12.0 Å². The fraction of sp³-hybridized carbons (Fsp3) is 0.200. The van der Waals surface area contributed by atoms with Crippen LogP contribution in [0.2, 0.25) is 0 Å². The van der Waals surface area contributed by atoms with Gasteiger partial charge in [0.25, 0.3) is 0 Å². The monoisotopic (exact) mass is 273 g/mol. The fourth-order valence-electron chi connectivity index (χ4n) is 2.11. The molecule has 0 amide bonds. The van der Waals surface area contributed by atoms with Crippen molar-refractivity contribution in [2.75, 3.05) is 18.2 Å². The third kappa shape index (κ3) is 2.55. The van der Waals surface area contributed by atoms with Gasteiger partial charge in [-0.05, 0) is 35.4 Å². The zero-order valence-corrected chi connectivity index (χ0v) is 11.4. The Bertz CT molecular complexity index is 583. The molecule has 98 valence electrons. The molecular formula is C15H15NO2S. The van der Waals surface area contributed by atoms with Crippen LogP contribution in [0.4, 0.5) is 5.69 Å². The highest BCUT2D eigenvalue weighted by atomic mass is 32.2. The number of anilines is 1. The van der Waals surface area contributed by atoms with E-state index in [1.54, 1.807) is 18.9 Å². The van der Waals surface area contributed by atoms with Crippen LogP contribution in [0.15, 0.2) is 47.4 Å². The number of fused-ring (bicyclic) bond motifs is 1. The number of thioether (sulfide) groups is 1. The minimum absolute atomic E-state index is 0.454. The summed E-state index contributed by atoms with van der Waals surface area (Å²) in [5, 5.41) is 12.6. The van der Waals surface area contributed by atoms with Crippen LogP contribution in [0, 0.1) is 0 Å². The third-order valence-corrected chi connectivity index (χ3v) is 4.25. The van der Waals surface area contributed by atoms with Crippen molar-refractivity contribution in [1.29, 1.82) is 0 Å². The summed E-state index contributed by atoms with van der Waals surface area (Å²) in [6.45, 7) is 0. The van der Waals surface area contributed by atoms with E-state index in [9.17, 15) is 5.11 Å². The Morgan fingerprint density at radius 1 is 1.16 bits per heavy atom. The van der Waals surface area contributed by atoms with Gasteiger partial charge in [0, 0.05) is 16.3 Å². The summed E-state index contributed by atoms with van der Waals surface area (Å²) in [5.41, 5.74) is 3.34. The molecule has 1 unspecified atom stereocenters. The van der Waals surface area contributed by atoms with Gasteiger partial charge in [0.15, 0.2) is 0 Å². The van der Waals surface area contributed by atoms with E-state index < -0.39 is 6.23 Å². The van der Waals surface area contributed by atoms with Gasteiger partial charge < -0.3 is 15.2 Å². The second-order valence-electron chi connectivity index (χ2n) is 4.41. The summed E-state index contributed by atoms with van der Waals surface area (Å²) in [6, 6.07) is 14.3. The summed E-state index contributed by atoms with van der Waals surface area (Å²) < 4.78 is 5.17. The Hall–Kier alpha value is -1.65. The second-order valence-corrected chi connectivity index (χ2v) is 5.47. The Morgan fingerprint density at radius 3 is 2.63 bits per heavy atom. The molecule has 1 heterocycles. The van der Waals surface area contributed by atoms with E-state index in [0.717, 1.165) is 17.0 Å². The summed E-state index contributed by atoms with van der Waals surface area (Å²) in [5.74, 6) is 1.54. The van der Waals surface area contributed by atoms with Crippen molar-refractivity contribution in [3.8, 4) is 16.9 Å². The molecule has 0 aliphatic carbocycles. The first-order valence-corrected chi connectivity index (χ1v) is 7.11. The SMILES string of the molecule is COc1ccc(-c2ccc3c(c2)SCC(O)N3)cc1. The molecule has 0 bridgehead atoms. The van der Waals surface area contributed by atoms with Crippen LogP contribution in [0.3, 0.4) is 0 Å². The zero-order valence-electron chi connectivity index (χ0n) is 10.6. The maximum Gasteiger partial charge on any atom is 0.134 e. The number of rotatable bonds is 2. The van der Waals surface area contributed by atoms with E-state index in [4.69, 9.17) is 4.74 Å². The number of aliphatic hydroxyl groups excluding tert-OH is 1. The van der Waals surface area contributed by atoms with Crippen LogP contribution in [0.5, 0.6) is 5.75 Å². The molecule has 2 aromatic carbocycles. The first-order chi connectivity index (χ1) is 9.26. The Labute approximate surface area is 116 Å². The van der Waals surface area contributed by atoms with Crippen molar-refractivity contribution in [2.24, 2.45) is 0 Å². The summed E-state index contributed by atoms with van der Waals surface area (Å²) >= 11 is 1.68. The maximum absolute atomic E-state index is 9.55. The summed E-state index contributed by atoms with van der Waals surface area (Å²) in [6.07, 6.45) is -0.454. The molecule has 1 aliphatic heterocycles. The normalized spacial score (nSPS) is 17.5. The predicted octanol–water partition coefficient (Wildman–Crippen LogP) is 3.20. The largest absolute Gasteiger partial charge is 0.497 e. The molecular weight excluding hydrogens is 258 g/mol. The van der Waals surface area contributed by atoms with Crippen LogP contribution < -0.4 is 10.1 Å². The molecule has 3 rings (SSSR count). The zero-order chi connectivity index (χ0) is 13.2. The average molecular weight is 273 g/mol. The van der Waals surface area contributed by atoms with Gasteiger partial charge in [0.05, 0.1) is 7.11 Å². The number of ether oxygens (including phenoxy) is 1. The van der Waals surface area contributed by atoms with Crippen molar-refractivity contribution in [3.63, 3.8) is 0 Å². The van der Waals surface area contributed by atoms with Crippen LogP contribution in [-0.4, -0.2) is 24.2 Å². The molecule has 0 radical (unpaired) electrons. The minimum atomic E-state index is -0.454. The lowest BCUT2D eigenvalue weighted by atomic mass is 10.1. The number of hydrogen-bond donors (Lipinski definition) is 2. The predicted molar refractivity (Wildman–Crippen MR) is 78.8 cm³/mol. The van der Waals surface area contributed by atoms with Crippen molar-refractivity contribution in [2.45, 2.75) is 11.1 Å². The molecule has 4 heteroatoms. The van der Waals surface area contributed by atoms with E-state index in [0.29, 0.717) is 5.75 Å². The van der Waals surface area contributed by atoms with Gasteiger partial charge in [-0.3, -0.25) is 0 Å². The Kier molecular flexibility index (Phi) is 3.36. The summed E-state index contributed by atoms with van der Waals surface area (Å²) in [7, 11) is 1.67.